The maximum atomic E-state index is 14.0. The van der Waals surface area contributed by atoms with Crippen molar-refractivity contribution in [2.45, 2.75) is 69.1 Å². The van der Waals surface area contributed by atoms with Crippen LogP contribution < -0.4 is 0 Å². The quantitative estimate of drug-likeness (QED) is 0.438. The number of carbonyl (C=O) groups excluding carboxylic acids is 1. The third-order valence-electron chi connectivity index (χ3n) is 7.29. The highest BCUT2D eigenvalue weighted by atomic mass is 35.5. The highest BCUT2D eigenvalue weighted by Crippen LogP contribution is 2.48. The Balaban J connectivity index is 1.91. The van der Waals surface area contributed by atoms with Crippen LogP contribution in [0, 0.1) is 17.2 Å². The van der Waals surface area contributed by atoms with Crippen LogP contribution in [0.4, 0.5) is 0 Å². The number of benzene rings is 2. The van der Waals surface area contributed by atoms with Crippen molar-refractivity contribution in [3.05, 3.63) is 69.2 Å². The van der Waals surface area contributed by atoms with Gasteiger partial charge in [-0.2, -0.15) is 5.26 Å². The molecule has 0 radical (unpaired) electrons. The molecule has 1 aliphatic carbocycles. The first kappa shape index (κ1) is 29.3. The Morgan fingerprint density at radius 3 is 2.28 bits per heavy atom. The van der Waals surface area contributed by atoms with Crippen LogP contribution in [-0.4, -0.2) is 52.9 Å². The van der Waals surface area contributed by atoms with Crippen molar-refractivity contribution in [2.75, 3.05) is 5.75 Å². The summed E-state index contributed by atoms with van der Waals surface area (Å²) in [6.45, 7) is 4.87. The molecule has 8 nitrogen and oxygen atoms in total. The van der Waals surface area contributed by atoms with Gasteiger partial charge in [-0.05, 0) is 74.9 Å². The molecule has 4 rings (SSSR count). The predicted octanol–water partition coefficient (Wildman–Crippen LogP) is 5.34. The number of halogens is 2. The number of sulfone groups is 1. The number of carbonyl (C=O) groups is 2. The van der Waals surface area contributed by atoms with E-state index in [-0.39, 0.29) is 22.3 Å². The summed E-state index contributed by atoms with van der Waals surface area (Å²) in [6, 6.07) is 12.1. The van der Waals surface area contributed by atoms with Crippen molar-refractivity contribution in [2.24, 2.45) is 5.92 Å². The highest BCUT2D eigenvalue weighted by molar-refractivity contribution is 7.92. The molecule has 0 aromatic heterocycles. The van der Waals surface area contributed by atoms with Gasteiger partial charge in [0.05, 0.1) is 33.5 Å². The molecule has 4 unspecified atom stereocenters. The monoisotopic (exact) mass is 592 g/mol. The molecule has 4 atom stereocenters. The zero-order valence-electron chi connectivity index (χ0n) is 21.8. The van der Waals surface area contributed by atoms with Crippen molar-refractivity contribution in [1.82, 2.24) is 4.90 Å². The number of morpholine rings is 1. The smallest absolute Gasteiger partial charge is 0.306 e. The summed E-state index contributed by atoms with van der Waals surface area (Å²) in [5.74, 6) is -2.12. The Kier molecular flexibility index (Phi) is 8.34. The van der Waals surface area contributed by atoms with E-state index >= 15 is 0 Å². The summed E-state index contributed by atoms with van der Waals surface area (Å²) in [5, 5.41) is 19.6. The van der Waals surface area contributed by atoms with Crippen molar-refractivity contribution in [3.8, 4) is 6.07 Å². The van der Waals surface area contributed by atoms with Gasteiger partial charge in [0.25, 0.3) is 5.91 Å². The van der Waals surface area contributed by atoms with E-state index in [0.717, 1.165) is 12.8 Å². The normalized spacial score (nSPS) is 22.8. The van der Waals surface area contributed by atoms with Crippen LogP contribution in [0.1, 0.15) is 68.9 Å². The lowest BCUT2D eigenvalue weighted by atomic mass is 9.89. The van der Waals surface area contributed by atoms with Crippen LogP contribution in [0.15, 0.2) is 42.5 Å². The fourth-order valence-electron chi connectivity index (χ4n) is 4.88. The molecule has 39 heavy (non-hydrogen) atoms. The molecule has 2 fully saturated rings. The molecule has 1 saturated heterocycles. The summed E-state index contributed by atoms with van der Waals surface area (Å²) >= 11 is 12.5. The van der Waals surface area contributed by atoms with Crippen molar-refractivity contribution in [1.29, 1.82) is 5.26 Å². The van der Waals surface area contributed by atoms with Crippen LogP contribution in [-0.2, 0) is 24.2 Å². The molecule has 2 aliphatic rings. The third kappa shape index (κ3) is 6.25. The number of nitrogens with zero attached hydrogens (tertiary/aromatic N) is 2. The number of amides is 1. The van der Waals surface area contributed by atoms with Gasteiger partial charge in [0.2, 0.25) is 0 Å². The van der Waals surface area contributed by atoms with Crippen LogP contribution >= 0.6 is 23.2 Å². The highest BCUT2D eigenvalue weighted by Gasteiger charge is 2.52. The average Bonchev–Trinajstić information content (AvgIpc) is 3.69. The first-order valence-corrected chi connectivity index (χ1v) is 15.0. The summed E-state index contributed by atoms with van der Waals surface area (Å²) in [6.07, 6.45) is -1.33. The number of rotatable bonds is 8. The van der Waals surface area contributed by atoms with Crippen LogP contribution in [0.5, 0.6) is 0 Å². The van der Waals surface area contributed by atoms with Gasteiger partial charge in [0, 0.05) is 11.1 Å². The number of ether oxygens (including phenoxy) is 1. The van der Waals surface area contributed by atoms with E-state index in [2.05, 4.69) is 0 Å². The zero-order chi connectivity index (χ0) is 28.7. The number of carboxylic acids is 1. The van der Waals surface area contributed by atoms with E-state index in [1.54, 1.807) is 57.2 Å². The second-order valence-corrected chi connectivity index (χ2v) is 14.7. The van der Waals surface area contributed by atoms with Gasteiger partial charge < -0.3 is 14.7 Å². The van der Waals surface area contributed by atoms with E-state index in [1.807, 2.05) is 6.07 Å². The Morgan fingerprint density at radius 1 is 1.15 bits per heavy atom. The maximum absolute atomic E-state index is 14.0. The second kappa shape index (κ2) is 11.1. The summed E-state index contributed by atoms with van der Waals surface area (Å²) < 4.78 is 32.0. The molecule has 0 spiro atoms. The van der Waals surface area contributed by atoms with E-state index in [4.69, 9.17) is 27.9 Å². The molecule has 208 valence electrons. The largest absolute Gasteiger partial charge is 0.481 e. The Labute approximate surface area is 238 Å². The lowest BCUT2D eigenvalue weighted by Crippen LogP contribution is -2.58. The minimum Gasteiger partial charge on any atom is -0.481 e. The average molecular weight is 594 g/mol. The van der Waals surface area contributed by atoms with Crippen LogP contribution in [0.25, 0.3) is 0 Å². The van der Waals surface area contributed by atoms with E-state index in [9.17, 15) is 28.4 Å². The molecule has 1 heterocycles. The van der Waals surface area contributed by atoms with Gasteiger partial charge in [0.1, 0.15) is 18.3 Å². The van der Waals surface area contributed by atoms with Gasteiger partial charge in [-0.15, -0.1) is 0 Å². The van der Waals surface area contributed by atoms with E-state index in [0.29, 0.717) is 16.1 Å². The molecule has 1 amide bonds. The fourth-order valence-corrected chi connectivity index (χ4v) is 6.62. The van der Waals surface area contributed by atoms with Crippen LogP contribution in [0.3, 0.4) is 0 Å². The molecule has 2 aromatic carbocycles. The van der Waals surface area contributed by atoms with Gasteiger partial charge in [-0.25, -0.2) is 8.42 Å². The predicted molar refractivity (Wildman–Crippen MR) is 147 cm³/mol. The SMILES string of the molecule is CC(C)(C)S(=O)(=O)CC(C1CC1)N1C(=O)C(CC(=O)O)OC(c2ccc(C#N)c(Cl)c2)C1c1ccc(Cl)cc1. The summed E-state index contributed by atoms with van der Waals surface area (Å²) in [4.78, 5) is 27.3. The van der Waals surface area contributed by atoms with Crippen LogP contribution in [0.2, 0.25) is 10.0 Å². The van der Waals surface area contributed by atoms with Crippen molar-refractivity contribution in [3.63, 3.8) is 0 Å². The number of carboxylic acid groups (broad SMARTS) is 1. The third-order valence-corrected chi connectivity index (χ3v) is 10.5. The fraction of sp³-hybridized carbons (Fsp3) is 0.464. The Bertz CT molecular complexity index is 1410. The summed E-state index contributed by atoms with van der Waals surface area (Å²) in [7, 11) is -3.65. The zero-order valence-corrected chi connectivity index (χ0v) is 24.1. The lowest BCUT2D eigenvalue weighted by molar-refractivity contribution is -0.183. The molecule has 1 aliphatic heterocycles. The maximum Gasteiger partial charge on any atom is 0.306 e. The standard InChI is InChI=1S/C28H30Cl2N2O6S/c1-28(2,3)39(36,37)15-22(16-4-5-16)32-25(17-8-10-20(29)11-9-17)26(38-23(27(32)35)13-24(33)34)18-6-7-19(14-31)21(30)12-18/h6-12,16,22-23,25-26H,4-5,13,15H2,1-3H3,(H,33,34). The molecule has 1 saturated carbocycles. The van der Waals surface area contributed by atoms with E-state index < -0.39 is 57.2 Å². The van der Waals surface area contributed by atoms with Gasteiger partial charge in [0.15, 0.2) is 9.84 Å². The Hall–Kier alpha value is -2.64. The first-order valence-electron chi connectivity index (χ1n) is 12.6. The van der Waals surface area contributed by atoms with Crippen molar-refractivity contribution < 1.29 is 27.9 Å². The second-order valence-electron chi connectivity index (χ2n) is 11.0. The van der Waals surface area contributed by atoms with Crippen molar-refractivity contribution >= 4 is 44.9 Å². The number of aliphatic carboxylic acids is 1. The summed E-state index contributed by atoms with van der Waals surface area (Å²) in [5.41, 5.74) is 1.42. The minimum absolute atomic E-state index is 0.0605. The Morgan fingerprint density at radius 2 is 1.77 bits per heavy atom. The molecular formula is C28H30Cl2N2O6S. The minimum atomic E-state index is -3.65. The molecule has 1 N–H and O–H groups in total. The number of nitriles is 1. The molecular weight excluding hydrogens is 563 g/mol. The van der Waals surface area contributed by atoms with Gasteiger partial charge in [-0.3, -0.25) is 9.59 Å². The number of hydrogen-bond acceptors (Lipinski definition) is 6. The van der Waals surface area contributed by atoms with E-state index in [1.165, 1.54) is 11.0 Å². The first-order chi connectivity index (χ1) is 18.2. The molecule has 11 heteroatoms. The molecule has 2 aromatic rings. The van der Waals surface area contributed by atoms with Gasteiger partial charge in [-0.1, -0.05) is 41.4 Å². The lowest BCUT2D eigenvalue weighted by Gasteiger charge is -2.48. The van der Waals surface area contributed by atoms with Gasteiger partial charge >= 0.3 is 5.97 Å². The topological polar surface area (TPSA) is 125 Å². The number of hydrogen-bond donors (Lipinski definition) is 1. The molecule has 0 bridgehead atoms.